The van der Waals surface area contributed by atoms with Gasteiger partial charge in [-0.3, -0.25) is 4.79 Å². The number of rotatable bonds is 4. The van der Waals surface area contributed by atoms with Crippen molar-refractivity contribution in [3.05, 3.63) is 29.7 Å². The fourth-order valence-corrected chi connectivity index (χ4v) is 1.02. The van der Waals surface area contributed by atoms with Crippen molar-refractivity contribution >= 4 is 12.0 Å². The first-order valence-corrected chi connectivity index (χ1v) is 4.21. The molecule has 4 heteroatoms. The van der Waals surface area contributed by atoms with Crippen LogP contribution in [0.2, 0.25) is 0 Å². The van der Waals surface area contributed by atoms with Crippen LogP contribution in [0.4, 0.5) is 0 Å². The quantitative estimate of drug-likeness (QED) is 0.765. The first-order chi connectivity index (χ1) is 6.59. The van der Waals surface area contributed by atoms with E-state index in [-0.39, 0.29) is 6.42 Å². The lowest BCUT2D eigenvalue weighted by atomic mass is 10.1. The van der Waals surface area contributed by atoms with Crippen LogP contribution in [0.3, 0.4) is 0 Å². The zero-order chi connectivity index (χ0) is 10.6. The number of carboxylic acid groups (broad SMARTS) is 1. The van der Waals surface area contributed by atoms with Gasteiger partial charge in [0.05, 0.1) is 18.8 Å². The molecule has 0 aliphatic heterocycles. The van der Waals surface area contributed by atoms with Crippen LogP contribution in [-0.4, -0.2) is 22.3 Å². The van der Waals surface area contributed by atoms with Crippen LogP contribution in [0.25, 0.3) is 6.08 Å². The van der Waals surface area contributed by atoms with Crippen molar-refractivity contribution in [2.24, 2.45) is 0 Å². The Bertz CT molecular complexity index is 324. The van der Waals surface area contributed by atoms with E-state index in [2.05, 4.69) is 0 Å². The maximum Gasteiger partial charge on any atom is 0.306 e. The summed E-state index contributed by atoms with van der Waals surface area (Å²) < 4.78 is 5.02. The molecule has 0 aliphatic carbocycles. The molecule has 2 N–H and O–H groups in total. The van der Waals surface area contributed by atoms with Crippen molar-refractivity contribution in [2.75, 3.05) is 0 Å². The molecule has 1 aromatic heterocycles. The molecule has 1 atom stereocenters. The fraction of sp³-hybridized carbons (Fsp3) is 0.300. The summed E-state index contributed by atoms with van der Waals surface area (Å²) >= 11 is 0. The Morgan fingerprint density at radius 2 is 2.43 bits per heavy atom. The first-order valence-electron chi connectivity index (χ1n) is 4.21. The predicted molar refractivity (Wildman–Crippen MR) is 50.6 cm³/mol. The van der Waals surface area contributed by atoms with E-state index in [1.807, 2.05) is 0 Å². The molecule has 0 radical (unpaired) electrons. The van der Waals surface area contributed by atoms with Crippen molar-refractivity contribution < 1.29 is 19.4 Å². The van der Waals surface area contributed by atoms with Crippen LogP contribution in [0.1, 0.15) is 19.1 Å². The average Bonchev–Trinajstić information content (AvgIpc) is 2.55. The highest BCUT2D eigenvalue weighted by Gasteiger charge is 2.11. The third-order valence-electron chi connectivity index (χ3n) is 1.81. The van der Waals surface area contributed by atoms with Gasteiger partial charge in [0.2, 0.25) is 0 Å². The molecule has 0 aromatic carbocycles. The molecule has 1 aromatic rings. The minimum atomic E-state index is -1.02. The van der Waals surface area contributed by atoms with Crippen LogP contribution in [0.5, 0.6) is 0 Å². The minimum Gasteiger partial charge on any atom is -0.481 e. The van der Waals surface area contributed by atoms with E-state index in [9.17, 15) is 9.90 Å². The minimum absolute atomic E-state index is 0.289. The van der Waals surface area contributed by atoms with Gasteiger partial charge in [0.25, 0.3) is 0 Å². The second-order valence-electron chi connectivity index (χ2n) is 3.02. The second-order valence-corrected chi connectivity index (χ2v) is 3.02. The summed E-state index contributed by atoms with van der Waals surface area (Å²) in [6.07, 6.45) is 1.89. The maximum atomic E-state index is 10.3. The number of hydrogen-bond donors (Lipinski definition) is 2. The second kappa shape index (κ2) is 4.62. The fourth-order valence-electron chi connectivity index (χ4n) is 1.02. The Labute approximate surface area is 81.5 Å². The van der Waals surface area contributed by atoms with Crippen molar-refractivity contribution in [3.63, 3.8) is 0 Å². The molecule has 76 valence electrons. The lowest BCUT2D eigenvalue weighted by molar-refractivity contribution is -0.138. The van der Waals surface area contributed by atoms with E-state index in [0.29, 0.717) is 11.3 Å². The molecule has 0 spiro atoms. The smallest absolute Gasteiger partial charge is 0.306 e. The molecule has 14 heavy (non-hydrogen) atoms. The number of carbonyl (C=O) groups is 1. The van der Waals surface area contributed by atoms with E-state index in [1.165, 1.54) is 6.26 Å². The van der Waals surface area contributed by atoms with Gasteiger partial charge in [-0.05, 0) is 30.7 Å². The lowest BCUT2D eigenvalue weighted by Crippen LogP contribution is -2.13. The van der Waals surface area contributed by atoms with Crippen LogP contribution < -0.4 is 0 Å². The molecule has 0 bridgehead atoms. The number of aliphatic carboxylic acids is 1. The molecule has 0 aliphatic rings. The van der Waals surface area contributed by atoms with Crippen LogP contribution >= 0.6 is 0 Å². The van der Waals surface area contributed by atoms with Gasteiger partial charge in [-0.15, -0.1) is 0 Å². The summed E-state index contributed by atoms with van der Waals surface area (Å²) in [5.74, 6) is -0.420. The van der Waals surface area contributed by atoms with Crippen molar-refractivity contribution in [3.8, 4) is 0 Å². The van der Waals surface area contributed by atoms with Gasteiger partial charge in [0.1, 0.15) is 5.76 Å². The summed E-state index contributed by atoms with van der Waals surface area (Å²) in [4.78, 5) is 10.3. The van der Waals surface area contributed by atoms with E-state index < -0.39 is 12.1 Å². The SMILES string of the molecule is C/C(=C\c1ccco1)C(O)CC(=O)O. The number of hydrogen-bond acceptors (Lipinski definition) is 3. The van der Waals surface area contributed by atoms with Crippen LogP contribution in [-0.2, 0) is 4.79 Å². The van der Waals surface area contributed by atoms with Gasteiger partial charge in [-0.1, -0.05) is 0 Å². The number of furan rings is 1. The van der Waals surface area contributed by atoms with Gasteiger partial charge in [0, 0.05) is 0 Å². The zero-order valence-electron chi connectivity index (χ0n) is 7.80. The van der Waals surface area contributed by atoms with E-state index in [0.717, 1.165) is 0 Å². The van der Waals surface area contributed by atoms with Crippen LogP contribution in [0, 0.1) is 0 Å². The Morgan fingerprint density at radius 1 is 1.71 bits per heavy atom. The average molecular weight is 196 g/mol. The van der Waals surface area contributed by atoms with Gasteiger partial charge in [-0.25, -0.2) is 0 Å². The molecule has 0 amide bonds. The van der Waals surface area contributed by atoms with E-state index >= 15 is 0 Å². The zero-order valence-corrected chi connectivity index (χ0v) is 7.80. The van der Waals surface area contributed by atoms with Gasteiger partial charge in [0.15, 0.2) is 0 Å². The normalized spacial score (nSPS) is 14.0. The van der Waals surface area contributed by atoms with Crippen LogP contribution in [0.15, 0.2) is 28.4 Å². The Balaban J connectivity index is 2.64. The summed E-state index contributed by atoms with van der Waals surface area (Å²) in [5.41, 5.74) is 0.572. The van der Waals surface area contributed by atoms with E-state index in [1.54, 1.807) is 25.1 Å². The summed E-state index contributed by atoms with van der Waals surface area (Å²) in [6.45, 7) is 1.66. The molecule has 1 unspecified atom stereocenters. The highest BCUT2D eigenvalue weighted by Crippen LogP contribution is 2.12. The summed E-state index contributed by atoms with van der Waals surface area (Å²) in [7, 11) is 0. The molecule has 1 rings (SSSR count). The highest BCUT2D eigenvalue weighted by molar-refractivity contribution is 5.68. The first kappa shape index (κ1) is 10.5. The predicted octanol–water partition coefficient (Wildman–Crippen LogP) is 1.52. The Kier molecular flexibility index (Phi) is 3.48. The summed E-state index contributed by atoms with van der Waals surface area (Å²) in [5, 5.41) is 17.8. The topological polar surface area (TPSA) is 70.7 Å². The number of aliphatic hydroxyl groups excluding tert-OH is 1. The van der Waals surface area contributed by atoms with Crippen molar-refractivity contribution in [1.82, 2.24) is 0 Å². The monoisotopic (exact) mass is 196 g/mol. The van der Waals surface area contributed by atoms with Gasteiger partial charge < -0.3 is 14.6 Å². The summed E-state index contributed by atoms with van der Waals surface area (Å²) in [6, 6.07) is 3.46. The molecule has 0 fully saturated rings. The maximum absolute atomic E-state index is 10.3. The molecular weight excluding hydrogens is 184 g/mol. The largest absolute Gasteiger partial charge is 0.481 e. The van der Waals surface area contributed by atoms with E-state index in [4.69, 9.17) is 9.52 Å². The van der Waals surface area contributed by atoms with Gasteiger partial charge >= 0.3 is 5.97 Å². The lowest BCUT2D eigenvalue weighted by Gasteiger charge is -2.07. The molecule has 1 heterocycles. The van der Waals surface area contributed by atoms with Crippen molar-refractivity contribution in [1.29, 1.82) is 0 Å². The third-order valence-corrected chi connectivity index (χ3v) is 1.81. The Hall–Kier alpha value is -1.55. The number of aliphatic hydroxyl groups is 1. The van der Waals surface area contributed by atoms with Crippen molar-refractivity contribution in [2.45, 2.75) is 19.4 Å². The molecule has 4 nitrogen and oxygen atoms in total. The van der Waals surface area contributed by atoms with Gasteiger partial charge in [-0.2, -0.15) is 0 Å². The molecule has 0 saturated heterocycles. The number of carboxylic acids is 1. The third kappa shape index (κ3) is 3.06. The highest BCUT2D eigenvalue weighted by atomic mass is 16.4. The Morgan fingerprint density at radius 3 is 2.93 bits per heavy atom. The molecule has 0 saturated carbocycles. The standard InChI is InChI=1S/C10H12O4/c1-7(9(11)6-10(12)13)5-8-3-2-4-14-8/h2-5,9,11H,6H2,1H3,(H,12,13)/b7-5+. The molecular formula is C10H12O4.